The molecule has 0 atom stereocenters. The fourth-order valence-corrected chi connectivity index (χ4v) is 3.01. The van der Waals surface area contributed by atoms with Crippen LogP contribution in [0.1, 0.15) is 43.2 Å². The molecule has 0 fully saturated rings. The van der Waals surface area contributed by atoms with Crippen molar-refractivity contribution in [3.8, 4) is 0 Å². The van der Waals surface area contributed by atoms with E-state index in [9.17, 15) is 4.79 Å². The Balaban J connectivity index is 1.68. The molecule has 1 aromatic heterocycles. The Hall–Kier alpha value is -2.23. The Morgan fingerprint density at radius 1 is 1.17 bits per heavy atom. The highest BCUT2D eigenvalue weighted by Gasteiger charge is 2.24. The maximum Gasteiger partial charge on any atom is 0.410 e. The lowest BCUT2D eigenvalue weighted by Crippen LogP contribution is -2.38. The molecule has 1 aliphatic heterocycles. The van der Waals surface area contributed by atoms with Gasteiger partial charge in [0.15, 0.2) is 0 Å². The Morgan fingerprint density at radius 2 is 1.92 bits per heavy atom. The molecule has 0 radical (unpaired) electrons. The lowest BCUT2D eigenvalue weighted by Gasteiger charge is -2.26. The lowest BCUT2D eigenvalue weighted by atomic mass is 9.98. The van der Waals surface area contributed by atoms with Gasteiger partial charge in [0, 0.05) is 19.5 Å². The van der Waals surface area contributed by atoms with E-state index in [2.05, 4.69) is 18.2 Å². The van der Waals surface area contributed by atoms with Crippen molar-refractivity contribution in [2.45, 2.75) is 45.6 Å². The molecule has 4 heteroatoms. The van der Waals surface area contributed by atoms with Crippen molar-refractivity contribution in [3.63, 3.8) is 0 Å². The van der Waals surface area contributed by atoms with Crippen molar-refractivity contribution < 1.29 is 13.9 Å². The van der Waals surface area contributed by atoms with Crippen LogP contribution in [0.15, 0.2) is 41.0 Å². The molecule has 2 aromatic rings. The standard InChI is InChI=1S/C20H25NO3/c1-20(2,3)24-19(22)21-10-8-16-7-6-15(13-17(16)9-11-21)14-18-5-4-12-23-18/h4-7,12-13H,8-11,14H2,1-3H3. The molecular weight excluding hydrogens is 302 g/mol. The van der Waals surface area contributed by atoms with Gasteiger partial charge in [-0.15, -0.1) is 0 Å². The molecule has 1 aromatic carbocycles. The predicted octanol–water partition coefficient (Wildman–Crippen LogP) is 4.21. The summed E-state index contributed by atoms with van der Waals surface area (Å²) in [7, 11) is 0. The van der Waals surface area contributed by atoms with E-state index in [4.69, 9.17) is 9.15 Å². The largest absolute Gasteiger partial charge is 0.469 e. The van der Waals surface area contributed by atoms with Crippen LogP contribution in [0.4, 0.5) is 4.79 Å². The van der Waals surface area contributed by atoms with Crippen LogP contribution < -0.4 is 0 Å². The smallest absolute Gasteiger partial charge is 0.410 e. The zero-order chi connectivity index (χ0) is 17.2. The van der Waals surface area contributed by atoms with Gasteiger partial charge in [0.25, 0.3) is 0 Å². The first-order chi connectivity index (χ1) is 11.4. The third-order valence-electron chi connectivity index (χ3n) is 4.18. The molecule has 0 aliphatic carbocycles. The number of nitrogens with zero attached hydrogens (tertiary/aromatic N) is 1. The summed E-state index contributed by atoms with van der Waals surface area (Å²) in [5.74, 6) is 0.971. The van der Waals surface area contributed by atoms with Gasteiger partial charge in [-0.2, -0.15) is 0 Å². The molecule has 2 heterocycles. The van der Waals surface area contributed by atoms with E-state index in [1.807, 2.05) is 37.8 Å². The van der Waals surface area contributed by atoms with Crippen molar-refractivity contribution in [3.05, 3.63) is 59.0 Å². The first-order valence-electron chi connectivity index (χ1n) is 8.52. The molecule has 3 rings (SSSR count). The van der Waals surface area contributed by atoms with Gasteiger partial charge in [-0.25, -0.2) is 4.79 Å². The molecule has 0 unspecified atom stereocenters. The summed E-state index contributed by atoms with van der Waals surface area (Å²) in [6.07, 6.45) is 4.02. The molecule has 0 N–H and O–H groups in total. The summed E-state index contributed by atoms with van der Waals surface area (Å²) >= 11 is 0. The van der Waals surface area contributed by atoms with E-state index in [1.54, 1.807) is 6.26 Å². The molecule has 4 nitrogen and oxygen atoms in total. The van der Waals surface area contributed by atoms with E-state index < -0.39 is 5.60 Å². The zero-order valence-corrected chi connectivity index (χ0v) is 14.7. The number of benzene rings is 1. The second kappa shape index (κ2) is 6.71. The third kappa shape index (κ3) is 4.19. The normalized spacial score (nSPS) is 14.9. The van der Waals surface area contributed by atoms with Gasteiger partial charge < -0.3 is 14.1 Å². The van der Waals surface area contributed by atoms with Crippen LogP contribution in [0.5, 0.6) is 0 Å². The minimum absolute atomic E-state index is 0.217. The minimum Gasteiger partial charge on any atom is -0.469 e. The van der Waals surface area contributed by atoms with Gasteiger partial charge in [0.1, 0.15) is 11.4 Å². The van der Waals surface area contributed by atoms with Gasteiger partial charge in [-0.05, 0) is 62.4 Å². The van der Waals surface area contributed by atoms with Crippen LogP contribution in [0.3, 0.4) is 0 Å². The average Bonchev–Trinajstić information content (AvgIpc) is 2.90. The van der Waals surface area contributed by atoms with Crippen molar-refractivity contribution in [1.29, 1.82) is 0 Å². The molecule has 0 bridgehead atoms. The average molecular weight is 327 g/mol. The molecule has 24 heavy (non-hydrogen) atoms. The topological polar surface area (TPSA) is 42.7 Å². The van der Waals surface area contributed by atoms with Crippen LogP contribution >= 0.6 is 0 Å². The van der Waals surface area contributed by atoms with E-state index >= 15 is 0 Å². The number of amides is 1. The third-order valence-corrected chi connectivity index (χ3v) is 4.18. The lowest BCUT2D eigenvalue weighted by molar-refractivity contribution is 0.0258. The highest BCUT2D eigenvalue weighted by Crippen LogP contribution is 2.21. The van der Waals surface area contributed by atoms with Gasteiger partial charge in [-0.3, -0.25) is 0 Å². The molecule has 0 saturated carbocycles. The zero-order valence-electron chi connectivity index (χ0n) is 14.7. The van der Waals surface area contributed by atoms with Crippen LogP contribution in [-0.2, 0) is 24.0 Å². The number of hydrogen-bond acceptors (Lipinski definition) is 3. The quantitative estimate of drug-likeness (QED) is 0.830. The molecule has 128 valence electrons. The number of fused-ring (bicyclic) bond motifs is 1. The Bertz CT molecular complexity index is 698. The summed E-state index contributed by atoms with van der Waals surface area (Å²) in [6, 6.07) is 10.5. The monoisotopic (exact) mass is 327 g/mol. The number of carbonyl (C=O) groups excluding carboxylic acids is 1. The first kappa shape index (κ1) is 16.6. The van der Waals surface area contributed by atoms with E-state index in [-0.39, 0.29) is 6.09 Å². The minimum atomic E-state index is -0.452. The van der Waals surface area contributed by atoms with Crippen molar-refractivity contribution >= 4 is 6.09 Å². The predicted molar refractivity (Wildman–Crippen MR) is 93.2 cm³/mol. The fourth-order valence-electron chi connectivity index (χ4n) is 3.01. The maximum atomic E-state index is 12.3. The highest BCUT2D eigenvalue weighted by molar-refractivity contribution is 5.68. The summed E-state index contributed by atoms with van der Waals surface area (Å²) < 4.78 is 10.9. The number of carbonyl (C=O) groups is 1. The van der Waals surface area contributed by atoms with Crippen LogP contribution in [-0.4, -0.2) is 29.7 Å². The molecular formula is C20H25NO3. The maximum absolute atomic E-state index is 12.3. The number of furan rings is 1. The van der Waals surface area contributed by atoms with Crippen molar-refractivity contribution in [2.75, 3.05) is 13.1 Å². The second-order valence-electron chi connectivity index (χ2n) is 7.33. The van der Waals surface area contributed by atoms with E-state index in [0.29, 0.717) is 13.1 Å². The number of rotatable bonds is 2. The molecule has 0 spiro atoms. The Kier molecular flexibility index (Phi) is 4.65. The van der Waals surface area contributed by atoms with E-state index in [0.717, 1.165) is 25.0 Å². The summed E-state index contributed by atoms with van der Waals surface area (Å²) in [5, 5.41) is 0. The van der Waals surface area contributed by atoms with Crippen LogP contribution in [0, 0.1) is 0 Å². The molecule has 1 aliphatic rings. The van der Waals surface area contributed by atoms with Crippen LogP contribution in [0.25, 0.3) is 0 Å². The summed E-state index contributed by atoms with van der Waals surface area (Å²) in [5.41, 5.74) is 3.44. The van der Waals surface area contributed by atoms with Gasteiger partial charge in [0.05, 0.1) is 6.26 Å². The van der Waals surface area contributed by atoms with Crippen LogP contribution in [0.2, 0.25) is 0 Å². The highest BCUT2D eigenvalue weighted by atomic mass is 16.6. The molecule has 1 amide bonds. The van der Waals surface area contributed by atoms with Crippen molar-refractivity contribution in [2.24, 2.45) is 0 Å². The molecule has 0 saturated heterocycles. The summed E-state index contributed by atoms with van der Waals surface area (Å²) in [6.45, 7) is 7.11. The number of ether oxygens (including phenoxy) is 1. The van der Waals surface area contributed by atoms with Gasteiger partial charge in [0.2, 0.25) is 0 Å². The van der Waals surface area contributed by atoms with Gasteiger partial charge >= 0.3 is 6.09 Å². The second-order valence-corrected chi connectivity index (χ2v) is 7.33. The van der Waals surface area contributed by atoms with Crippen molar-refractivity contribution in [1.82, 2.24) is 4.90 Å². The first-order valence-corrected chi connectivity index (χ1v) is 8.52. The number of hydrogen-bond donors (Lipinski definition) is 0. The summed E-state index contributed by atoms with van der Waals surface area (Å²) in [4.78, 5) is 14.1. The Labute approximate surface area is 143 Å². The van der Waals surface area contributed by atoms with Gasteiger partial charge in [-0.1, -0.05) is 18.2 Å². The Morgan fingerprint density at radius 3 is 2.58 bits per heavy atom. The fraction of sp³-hybridized carbons (Fsp3) is 0.450. The SMILES string of the molecule is CC(C)(C)OC(=O)N1CCc2ccc(Cc3ccco3)cc2CC1. The van der Waals surface area contributed by atoms with E-state index in [1.165, 1.54) is 16.7 Å².